The van der Waals surface area contributed by atoms with Crippen molar-refractivity contribution in [3.8, 4) is 0 Å². The van der Waals surface area contributed by atoms with Crippen molar-refractivity contribution in [2.45, 2.75) is 32.9 Å². The van der Waals surface area contributed by atoms with Crippen molar-refractivity contribution in [3.63, 3.8) is 0 Å². The van der Waals surface area contributed by atoms with Crippen molar-refractivity contribution in [2.24, 2.45) is 5.10 Å². The lowest BCUT2D eigenvalue weighted by molar-refractivity contribution is -0.139. The second-order valence-electron chi connectivity index (χ2n) is 5.90. The van der Waals surface area contributed by atoms with E-state index in [1.165, 1.54) is 18.9 Å². The second kappa shape index (κ2) is 8.17. The number of halogens is 1. The fourth-order valence-corrected chi connectivity index (χ4v) is 2.73. The first-order valence-corrected chi connectivity index (χ1v) is 8.37. The summed E-state index contributed by atoms with van der Waals surface area (Å²) in [6.07, 6.45) is -0.617. The second-order valence-corrected chi connectivity index (χ2v) is 6.17. The lowest BCUT2D eigenvalue weighted by Crippen LogP contribution is -2.42. The number of nitrogens with zero attached hydrogens (tertiary/aromatic N) is 4. The zero-order chi connectivity index (χ0) is 19.4. The summed E-state index contributed by atoms with van der Waals surface area (Å²) in [7, 11) is 1.42. The van der Waals surface area contributed by atoms with E-state index in [2.05, 4.69) is 15.3 Å². The monoisotopic (exact) mass is 385 g/mol. The van der Waals surface area contributed by atoms with Crippen LogP contribution in [-0.4, -0.2) is 74.5 Å². The van der Waals surface area contributed by atoms with Crippen LogP contribution in [0, 0.1) is 0 Å². The minimum atomic E-state index is -1.06. The Labute approximate surface area is 154 Å². The molecule has 0 bridgehead atoms. The minimum absolute atomic E-state index is 0.0200. The van der Waals surface area contributed by atoms with E-state index in [-0.39, 0.29) is 30.8 Å². The number of H-pyrrole nitrogens is 1. The molecule has 0 fully saturated rings. The third-order valence-corrected chi connectivity index (χ3v) is 4.25. The Morgan fingerprint density at radius 1 is 1.50 bits per heavy atom. The van der Waals surface area contributed by atoms with E-state index in [0.29, 0.717) is 17.7 Å². The van der Waals surface area contributed by atoms with Crippen molar-refractivity contribution in [1.29, 1.82) is 0 Å². The first-order chi connectivity index (χ1) is 12.2. The summed E-state index contributed by atoms with van der Waals surface area (Å²) in [5.41, 5.74) is 1.66. The lowest BCUT2D eigenvalue weighted by Gasteiger charge is -2.30. The highest BCUT2D eigenvalue weighted by Crippen LogP contribution is 2.25. The summed E-state index contributed by atoms with van der Waals surface area (Å²) < 4.78 is 4.82. The fraction of sp³-hybridized carbons (Fsp3) is 0.533. The Balaban J connectivity index is 2.20. The van der Waals surface area contributed by atoms with Gasteiger partial charge in [0, 0.05) is 37.7 Å². The molecule has 11 heteroatoms. The van der Waals surface area contributed by atoms with Crippen LogP contribution in [0.4, 0.5) is 4.79 Å². The van der Waals surface area contributed by atoms with Gasteiger partial charge in [-0.15, -0.1) is 11.6 Å². The molecule has 0 aromatic carbocycles. The summed E-state index contributed by atoms with van der Waals surface area (Å²) >= 11 is 5.76. The molecule has 0 radical (unpaired) electrons. The molecule has 2 amide bonds. The van der Waals surface area contributed by atoms with Crippen molar-refractivity contribution >= 4 is 35.3 Å². The first kappa shape index (κ1) is 19.7. The van der Waals surface area contributed by atoms with Gasteiger partial charge < -0.3 is 14.7 Å². The zero-order valence-electron chi connectivity index (χ0n) is 14.7. The predicted molar refractivity (Wildman–Crippen MR) is 92.2 cm³/mol. The molecule has 1 aliphatic rings. The number of hydrogen-bond donors (Lipinski definition) is 2. The van der Waals surface area contributed by atoms with Gasteiger partial charge in [-0.25, -0.2) is 9.80 Å². The third kappa shape index (κ3) is 4.31. The Morgan fingerprint density at radius 3 is 2.77 bits per heavy atom. The molecule has 2 rings (SSSR count). The smallest absolute Gasteiger partial charge is 0.407 e. The average molecular weight is 386 g/mol. The van der Waals surface area contributed by atoms with E-state index in [4.69, 9.17) is 16.3 Å². The maximum atomic E-state index is 12.6. The van der Waals surface area contributed by atoms with Gasteiger partial charge in [-0.1, -0.05) is 0 Å². The van der Waals surface area contributed by atoms with Crippen LogP contribution in [0.25, 0.3) is 0 Å². The van der Waals surface area contributed by atoms with Gasteiger partial charge in [0.05, 0.1) is 18.1 Å². The van der Waals surface area contributed by atoms with E-state index < -0.39 is 18.0 Å². The van der Waals surface area contributed by atoms with Crippen molar-refractivity contribution in [2.75, 3.05) is 19.5 Å². The summed E-state index contributed by atoms with van der Waals surface area (Å²) in [6.45, 7) is 2.99. The number of carbonyl (C=O) groups is 3. The predicted octanol–water partition coefficient (Wildman–Crippen LogP) is 1.06. The standard InChI is InChI=1S/C15H20ClN5O5/c1-8-4-12-11(6-21(8)15(24)25)13(18-17-12)14(23)20(3)19-10(5-16)7-26-9(2)22/h8H,4-7H2,1-3H3,(H,17,18)(H,24,25). The van der Waals surface area contributed by atoms with Gasteiger partial charge in [0.15, 0.2) is 5.69 Å². The minimum Gasteiger partial charge on any atom is -0.465 e. The Bertz CT molecular complexity index is 747. The Hall–Kier alpha value is -2.62. The van der Waals surface area contributed by atoms with Crippen molar-refractivity contribution in [3.05, 3.63) is 17.0 Å². The molecule has 1 aromatic rings. The number of aromatic amines is 1. The number of hydrazone groups is 1. The SMILES string of the molecule is CC(=O)OCC(CCl)=NN(C)C(=O)c1n[nH]c2c1CN(C(=O)O)C(C)C2. The molecule has 1 atom stereocenters. The molecule has 1 aliphatic heterocycles. The molecule has 2 heterocycles. The number of rotatable bonds is 5. The molecular formula is C15H20ClN5O5. The first-order valence-electron chi connectivity index (χ1n) is 7.84. The number of ether oxygens (including phenoxy) is 1. The van der Waals surface area contributed by atoms with E-state index in [1.807, 2.05) is 0 Å². The largest absolute Gasteiger partial charge is 0.465 e. The molecule has 1 unspecified atom stereocenters. The van der Waals surface area contributed by atoms with E-state index in [0.717, 1.165) is 10.7 Å². The summed E-state index contributed by atoms with van der Waals surface area (Å²) in [6, 6.07) is -0.217. The number of carboxylic acid groups (broad SMARTS) is 1. The van der Waals surface area contributed by atoms with Gasteiger partial charge in [0.2, 0.25) is 0 Å². The number of alkyl halides is 1. The van der Waals surface area contributed by atoms with Crippen LogP contribution >= 0.6 is 11.6 Å². The Morgan fingerprint density at radius 2 is 2.19 bits per heavy atom. The van der Waals surface area contributed by atoms with Gasteiger partial charge in [0.25, 0.3) is 5.91 Å². The van der Waals surface area contributed by atoms with Crippen LogP contribution in [0.3, 0.4) is 0 Å². The molecule has 0 saturated carbocycles. The number of carbonyl (C=O) groups excluding carboxylic acids is 2. The van der Waals surface area contributed by atoms with Gasteiger partial charge >= 0.3 is 12.1 Å². The van der Waals surface area contributed by atoms with E-state index in [9.17, 15) is 19.5 Å². The van der Waals surface area contributed by atoms with Gasteiger partial charge in [0.1, 0.15) is 6.61 Å². The topological polar surface area (TPSA) is 128 Å². The van der Waals surface area contributed by atoms with Crippen LogP contribution in [0.2, 0.25) is 0 Å². The Kier molecular flexibility index (Phi) is 6.19. The highest BCUT2D eigenvalue weighted by molar-refractivity contribution is 6.29. The molecule has 0 spiro atoms. The van der Waals surface area contributed by atoms with Crippen LogP contribution in [-0.2, 0) is 22.5 Å². The summed E-state index contributed by atoms with van der Waals surface area (Å²) in [5, 5.41) is 21.2. The number of aromatic nitrogens is 2. The fourth-order valence-electron chi connectivity index (χ4n) is 2.60. The van der Waals surface area contributed by atoms with Crippen LogP contribution in [0.5, 0.6) is 0 Å². The molecule has 10 nitrogen and oxygen atoms in total. The highest BCUT2D eigenvalue weighted by atomic mass is 35.5. The van der Waals surface area contributed by atoms with Crippen LogP contribution < -0.4 is 0 Å². The quantitative estimate of drug-likeness (QED) is 0.337. The van der Waals surface area contributed by atoms with Gasteiger partial charge in [-0.2, -0.15) is 10.2 Å². The molecule has 26 heavy (non-hydrogen) atoms. The molecular weight excluding hydrogens is 366 g/mol. The van der Waals surface area contributed by atoms with Gasteiger partial charge in [-0.3, -0.25) is 14.7 Å². The molecule has 0 aliphatic carbocycles. The van der Waals surface area contributed by atoms with Crippen molar-refractivity contribution < 1.29 is 24.2 Å². The van der Waals surface area contributed by atoms with E-state index >= 15 is 0 Å². The third-order valence-electron chi connectivity index (χ3n) is 3.94. The molecule has 2 N–H and O–H groups in total. The number of nitrogens with one attached hydrogen (secondary N) is 1. The lowest BCUT2D eigenvalue weighted by atomic mass is 10.00. The number of amides is 2. The number of esters is 1. The van der Waals surface area contributed by atoms with Crippen LogP contribution in [0.1, 0.15) is 35.6 Å². The number of hydrogen-bond acceptors (Lipinski definition) is 6. The maximum Gasteiger partial charge on any atom is 0.407 e. The molecule has 0 saturated heterocycles. The number of fused-ring (bicyclic) bond motifs is 1. The summed E-state index contributed by atoms with van der Waals surface area (Å²) in [4.78, 5) is 36.1. The van der Waals surface area contributed by atoms with Gasteiger partial charge in [-0.05, 0) is 6.92 Å². The highest BCUT2D eigenvalue weighted by Gasteiger charge is 2.32. The molecule has 142 valence electrons. The van der Waals surface area contributed by atoms with E-state index in [1.54, 1.807) is 6.92 Å². The molecule has 1 aromatic heterocycles. The zero-order valence-corrected chi connectivity index (χ0v) is 15.4. The average Bonchev–Trinajstić information content (AvgIpc) is 2.98. The normalized spacial score (nSPS) is 16.8. The van der Waals surface area contributed by atoms with Crippen LogP contribution in [0.15, 0.2) is 5.10 Å². The van der Waals surface area contributed by atoms with Crippen molar-refractivity contribution in [1.82, 2.24) is 20.1 Å². The summed E-state index contributed by atoms with van der Waals surface area (Å²) in [5.74, 6) is -1.03. The maximum absolute atomic E-state index is 12.6.